The Morgan fingerprint density at radius 3 is 1.08 bits per heavy atom. The van der Waals surface area contributed by atoms with Crippen LogP contribution >= 0.6 is 0 Å². The molecule has 0 fully saturated rings. The molecule has 0 unspecified atom stereocenters. The Balaban J connectivity index is 0.836. The van der Waals surface area contributed by atoms with Crippen molar-refractivity contribution in [1.29, 1.82) is 0 Å². The third-order valence-corrected chi connectivity index (χ3v) is 17.5. The first-order chi connectivity index (χ1) is 42.6. The SMILES string of the molecule is Cc1cccc2c1-c1ccc(N(c3ccccc3)c3ccc(-c4cc(-c5ccccc5)c(-c5ccc(N(c6ccccc6)c6ccc(-c7cccc8ccccc78)cc6)cc5)cc4-c4ccccc4)cc3)cc1C2(c1ccccc1)c1ccccc1. The second-order valence-electron chi connectivity index (χ2n) is 22.4. The van der Waals surface area contributed by atoms with E-state index in [-0.39, 0.29) is 0 Å². The molecule has 86 heavy (non-hydrogen) atoms. The molecule has 15 rings (SSSR count). The maximum atomic E-state index is 2.46. The van der Waals surface area contributed by atoms with Crippen molar-refractivity contribution in [2.75, 3.05) is 9.80 Å². The normalized spacial score (nSPS) is 12.1. The lowest BCUT2D eigenvalue weighted by molar-refractivity contribution is 0.768. The zero-order valence-corrected chi connectivity index (χ0v) is 47.8. The first-order valence-corrected chi connectivity index (χ1v) is 29.7. The fraction of sp³-hybridized carbons (Fsp3) is 0.0238. The van der Waals surface area contributed by atoms with Crippen LogP contribution in [0.25, 0.3) is 77.5 Å². The standard InChI is InChI=1S/C84H60N2/c1-59-24-22-41-81-83(59)76-55-54-73(56-82(76)84(81,66-31-12-4-13-32-66)67-33-14-5-15-34-67)86(69-37-18-7-19-38-69)72-52-46-65(47-53-72)80-58-77(61-25-8-2-9-26-61)79(57-78(80)62-27-10-3-11-28-62)64-44-50-71(51-45-64)85(68-35-16-6-17-36-68)70-48-42-63(43-49-70)75-40-23-30-60-29-20-21-39-74(60)75/h2-58H,1H3. The van der Waals surface area contributed by atoms with Gasteiger partial charge in [-0.1, -0.05) is 261 Å². The van der Waals surface area contributed by atoms with Gasteiger partial charge in [-0.15, -0.1) is 0 Å². The quantitative estimate of drug-likeness (QED) is 0.114. The predicted octanol–water partition coefficient (Wildman–Crippen LogP) is 22.8. The zero-order valence-electron chi connectivity index (χ0n) is 47.8. The molecule has 2 nitrogen and oxygen atoms in total. The largest absolute Gasteiger partial charge is 0.311 e. The Hall–Kier alpha value is -11.1. The van der Waals surface area contributed by atoms with Gasteiger partial charge < -0.3 is 9.80 Å². The van der Waals surface area contributed by atoms with E-state index >= 15 is 0 Å². The number of hydrogen-bond acceptors (Lipinski definition) is 2. The molecule has 2 heteroatoms. The van der Waals surface area contributed by atoms with Crippen molar-refractivity contribution in [3.63, 3.8) is 0 Å². The smallest absolute Gasteiger partial charge is 0.0714 e. The van der Waals surface area contributed by atoms with Gasteiger partial charge in [-0.3, -0.25) is 0 Å². The molecule has 14 aromatic carbocycles. The summed E-state index contributed by atoms with van der Waals surface area (Å²) in [6.07, 6.45) is 0. The number of aryl methyl sites for hydroxylation is 1. The number of hydrogen-bond donors (Lipinski definition) is 0. The molecule has 0 atom stereocenters. The number of fused-ring (bicyclic) bond motifs is 4. The van der Waals surface area contributed by atoms with Crippen LogP contribution in [0.2, 0.25) is 0 Å². The minimum atomic E-state index is -0.533. The molecular weight excluding hydrogens is 1040 g/mol. The topological polar surface area (TPSA) is 6.48 Å². The lowest BCUT2D eigenvalue weighted by Crippen LogP contribution is -2.28. The summed E-state index contributed by atoms with van der Waals surface area (Å²) >= 11 is 0. The van der Waals surface area contributed by atoms with Gasteiger partial charge in [0.25, 0.3) is 0 Å². The van der Waals surface area contributed by atoms with E-state index < -0.39 is 5.41 Å². The van der Waals surface area contributed by atoms with Crippen molar-refractivity contribution in [3.05, 3.63) is 374 Å². The van der Waals surface area contributed by atoms with Gasteiger partial charge in [-0.25, -0.2) is 0 Å². The van der Waals surface area contributed by atoms with Crippen LogP contribution in [-0.2, 0) is 5.41 Å². The van der Waals surface area contributed by atoms with Gasteiger partial charge in [0.05, 0.1) is 5.41 Å². The molecule has 14 aromatic rings. The van der Waals surface area contributed by atoms with E-state index in [9.17, 15) is 0 Å². The van der Waals surface area contributed by atoms with Gasteiger partial charge in [-0.2, -0.15) is 0 Å². The van der Waals surface area contributed by atoms with E-state index in [0.717, 1.165) is 61.9 Å². The summed E-state index contributed by atoms with van der Waals surface area (Å²) in [7, 11) is 0. The molecule has 1 aliphatic rings. The number of rotatable bonds is 13. The highest BCUT2D eigenvalue weighted by molar-refractivity contribution is 5.99. The lowest BCUT2D eigenvalue weighted by atomic mass is 9.67. The maximum absolute atomic E-state index is 2.46. The molecule has 0 bridgehead atoms. The van der Waals surface area contributed by atoms with E-state index in [1.807, 2.05) is 0 Å². The summed E-state index contributed by atoms with van der Waals surface area (Å²) < 4.78 is 0. The first kappa shape index (κ1) is 51.8. The van der Waals surface area contributed by atoms with Gasteiger partial charge >= 0.3 is 0 Å². The van der Waals surface area contributed by atoms with Crippen LogP contribution < -0.4 is 9.80 Å². The molecule has 0 heterocycles. The number of nitrogens with zero attached hydrogens (tertiary/aromatic N) is 2. The third kappa shape index (κ3) is 9.17. The Bertz CT molecular complexity index is 4650. The summed E-state index contributed by atoms with van der Waals surface area (Å²) in [6.45, 7) is 2.26. The van der Waals surface area contributed by atoms with Crippen LogP contribution in [0.4, 0.5) is 34.1 Å². The molecule has 0 radical (unpaired) electrons. The average Bonchev–Trinajstić information content (AvgIpc) is 1.55. The zero-order chi connectivity index (χ0) is 57.4. The van der Waals surface area contributed by atoms with Crippen LogP contribution in [0, 0.1) is 6.92 Å². The molecule has 0 aromatic heterocycles. The van der Waals surface area contributed by atoms with Gasteiger partial charge in [0.2, 0.25) is 0 Å². The minimum Gasteiger partial charge on any atom is -0.311 e. The Morgan fingerprint density at radius 2 is 0.593 bits per heavy atom. The van der Waals surface area contributed by atoms with Gasteiger partial charge in [0.1, 0.15) is 0 Å². The first-order valence-electron chi connectivity index (χ1n) is 29.7. The fourth-order valence-corrected chi connectivity index (χ4v) is 13.5. The summed E-state index contributed by atoms with van der Waals surface area (Å²) in [5.74, 6) is 0. The molecule has 0 N–H and O–H groups in total. The van der Waals surface area contributed by atoms with Crippen LogP contribution in [0.5, 0.6) is 0 Å². The van der Waals surface area contributed by atoms with Crippen molar-refractivity contribution in [3.8, 4) is 66.8 Å². The number of para-hydroxylation sites is 2. The molecule has 0 spiro atoms. The monoisotopic (exact) mass is 1100 g/mol. The summed E-state index contributed by atoms with van der Waals surface area (Å²) in [5, 5.41) is 2.49. The summed E-state index contributed by atoms with van der Waals surface area (Å²) in [5.41, 5.74) is 26.6. The number of anilines is 6. The Kier molecular flexibility index (Phi) is 13.4. The predicted molar refractivity (Wildman–Crippen MR) is 363 cm³/mol. The molecule has 406 valence electrons. The average molecular weight is 1100 g/mol. The van der Waals surface area contributed by atoms with E-state index in [1.165, 1.54) is 77.5 Å². The Morgan fingerprint density at radius 1 is 0.233 bits per heavy atom. The van der Waals surface area contributed by atoms with E-state index in [0.29, 0.717) is 0 Å². The highest BCUT2D eigenvalue weighted by atomic mass is 15.1. The van der Waals surface area contributed by atoms with Gasteiger partial charge in [0, 0.05) is 34.1 Å². The van der Waals surface area contributed by atoms with Crippen LogP contribution in [0.1, 0.15) is 27.8 Å². The lowest BCUT2D eigenvalue weighted by Gasteiger charge is -2.35. The third-order valence-electron chi connectivity index (χ3n) is 17.5. The van der Waals surface area contributed by atoms with E-state index in [2.05, 4.69) is 363 Å². The molecule has 1 aliphatic carbocycles. The molecule has 0 aliphatic heterocycles. The van der Waals surface area contributed by atoms with Crippen molar-refractivity contribution in [2.24, 2.45) is 0 Å². The van der Waals surface area contributed by atoms with Crippen molar-refractivity contribution < 1.29 is 0 Å². The second-order valence-corrected chi connectivity index (χ2v) is 22.4. The summed E-state index contributed by atoms with van der Waals surface area (Å²) in [6, 6.07) is 127. The molecule has 0 saturated heterocycles. The van der Waals surface area contributed by atoms with Crippen molar-refractivity contribution in [2.45, 2.75) is 12.3 Å². The van der Waals surface area contributed by atoms with Crippen molar-refractivity contribution in [1.82, 2.24) is 0 Å². The Labute approximate surface area is 504 Å². The van der Waals surface area contributed by atoms with Gasteiger partial charge in [-0.05, 0) is 197 Å². The van der Waals surface area contributed by atoms with E-state index in [1.54, 1.807) is 0 Å². The molecule has 0 saturated carbocycles. The molecular formula is C84H60N2. The molecule has 0 amide bonds. The highest BCUT2D eigenvalue weighted by Gasteiger charge is 2.47. The minimum absolute atomic E-state index is 0.533. The second kappa shape index (κ2) is 22.3. The number of benzene rings is 14. The van der Waals surface area contributed by atoms with Crippen LogP contribution in [-0.4, -0.2) is 0 Å². The highest BCUT2D eigenvalue weighted by Crippen LogP contribution is 2.58. The van der Waals surface area contributed by atoms with Crippen molar-refractivity contribution >= 4 is 44.9 Å². The van der Waals surface area contributed by atoms with Gasteiger partial charge in [0.15, 0.2) is 0 Å². The van der Waals surface area contributed by atoms with Crippen LogP contribution in [0.3, 0.4) is 0 Å². The summed E-state index contributed by atoms with van der Waals surface area (Å²) in [4.78, 5) is 4.77. The fourth-order valence-electron chi connectivity index (χ4n) is 13.5. The van der Waals surface area contributed by atoms with E-state index in [4.69, 9.17) is 0 Å². The maximum Gasteiger partial charge on any atom is 0.0714 e. The van der Waals surface area contributed by atoms with Crippen LogP contribution in [0.15, 0.2) is 346 Å².